The van der Waals surface area contributed by atoms with Crippen molar-refractivity contribution in [2.45, 2.75) is 63.9 Å². The first-order valence-electron chi connectivity index (χ1n) is 12.1. The van der Waals surface area contributed by atoms with Gasteiger partial charge in [-0.2, -0.15) is 4.39 Å². The quantitative estimate of drug-likeness (QED) is 0.411. The molecule has 172 valence electrons. The van der Waals surface area contributed by atoms with Gasteiger partial charge in [-0.3, -0.25) is 0 Å². The Morgan fingerprint density at radius 2 is 1.66 bits per heavy atom. The third-order valence-corrected chi connectivity index (χ3v) is 7.25. The molecule has 2 aromatic carbocycles. The Hall–Kier alpha value is -2.20. The van der Waals surface area contributed by atoms with E-state index in [0.29, 0.717) is 24.0 Å². The highest BCUT2D eigenvalue weighted by Gasteiger charge is 2.31. The molecule has 2 aromatic rings. The van der Waals surface area contributed by atoms with Crippen LogP contribution in [0.1, 0.15) is 63.4 Å². The molecule has 32 heavy (non-hydrogen) atoms. The number of benzene rings is 2. The van der Waals surface area contributed by atoms with Gasteiger partial charge in [0.2, 0.25) is 5.82 Å². The molecule has 1 aliphatic carbocycles. The summed E-state index contributed by atoms with van der Waals surface area (Å²) in [7, 11) is 0. The smallest absolute Gasteiger partial charge is 0.201 e. The topological polar surface area (TPSA) is 18.5 Å². The summed E-state index contributed by atoms with van der Waals surface area (Å²) in [6.07, 6.45) is 10.1. The molecular weight excluding hydrogens is 406 g/mol. The predicted molar refractivity (Wildman–Crippen MR) is 125 cm³/mol. The van der Waals surface area contributed by atoms with Crippen molar-refractivity contribution in [1.82, 2.24) is 0 Å². The zero-order valence-corrected chi connectivity index (χ0v) is 19.0. The van der Waals surface area contributed by atoms with Crippen LogP contribution in [0.4, 0.5) is 8.78 Å². The first-order valence-corrected chi connectivity index (χ1v) is 12.1. The molecular formula is C28H34F2O2. The van der Waals surface area contributed by atoms with Gasteiger partial charge in [0.15, 0.2) is 11.6 Å². The molecule has 2 fully saturated rings. The van der Waals surface area contributed by atoms with E-state index in [4.69, 9.17) is 9.47 Å². The molecule has 1 aliphatic heterocycles. The molecule has 0 radical (unpaired) electrons. The molecule has 2 unspecified atom stereocenters. The average Bonchev–Trinajstić information content (AvgIpc) is 2.85. The van der Waals surface area contributed by atoms with Crippen LogP contribution < -0.4 is 4.74 Å². The summed E-state index contributed by atoms with van der Waals surface area (Å²) in [5.74, 6) is 0.185. The van der Waals surface area contributed by atoms with E-state index in [1.807, 2.05) is 25.1 Å². The maximum atomic E-state index is 14.6. The fourth-order valence-electron chi connectivity index (χ4n) is 5.29. The minimum absolute atomic E-state index is 0.0233. The number of halogens is 2. The standard InChI is InChI=1S/C28H34F2O2/c1-3-17-31-26-16-15-25(27(29)28(26)30)22-11-9-20(10-12-22)19-5-7-21(8-6-19)23-13-14-24(4-2)32-18-23/h4,9-12,15-16,19,21,23-24H,2-3,5-8,13-14,17-18H2,1H3. The van der Waals surface area contributed by atoms with Gasteiger partial charge in [0.05, 0.1) is 19.3 Å². The van der Waals surface area contributed by atoms with Crippen molar-refractivity contribution < 1.29 is 18.3 Å². The summed E-state index contributed by atoms with van der Waals surface area (Å²) in [5, 5.41) is 0. The van der Waals surface area contributed by atoms with Crippen LogP contribution in [0.3, 0.4) is 0 Å². The lowest BCUT2D eigenvalue weighted by molar-refractivity contribution is -0.0147. The molecule has 2 atom stereocenters. The van der Waals surface area contributed by atoms with E-state index in [2.05, 4.69) is 18.7 Å². The molecule has 0 amide bonds. The summed E-state index contributed by atoms with van der Waals surface area (Å²) in [5.41, 5.74) is 2.26. The zero-order valence-electron chi connectivity index (χ0n) is 19.0. The average molecular weight is 441 g/mol. The third kappa shape index (κ3) is 5.06. The highest BCUT2D eigenvalue weighted by atomic mass is 19.2. The van der Waals surface area contributed by atoms with Crippen LogP contribution in [-0.4, -0.2) is 19.3 Å². The molecule has 1 heterocycles. The predicted octanol–water partition coefficient (Wildman–Crippen LogP) is 7.68. The first-order chi connectivity index (χ1) is 15.6. The van der Waals surface area contributed by atoms with Crippen molar-refractivity contribution in [1.29, 1.82) is 0 Å². The third-order valence-electron chi connectivity index (χ3n) is 7.25. The summed E-state index contributed by atoms with van der Waals surface area (Å²) in [4.78, 5) is 0. The fraction of sp³-hybridized carbons (Fsp3) is 0.500. The van der Waals surface area contributed by atoms with E-state index >= 15 is 0 Å². The lowest BCUT2D eigenvalue weighted by Gasteiger charge is -2.37. The molecule has 0 N–H and O–H groups in total. The second kappa shape index (κ2) is 10.6. The van der Waals surface area contributed by atoms with E-state index in [1.54, 1.807) is 6.07 Å². The van der Waals surface area contributed by atoms with E-state index in [-0.39, 0.29) is 17.4 Å². The maximum Gasteiger partial charge on any atom is 0.201 e. The second-order valence-electron chi connectivity index (χ2n) is 9.27. The number of hydrogen-bond donors (Lipinski definition) is 0. The molecule has 1 saturated carbocycles. The second-order valence-corrected chi connectivity index (χ2v) is 9.27. The van der Waals surface area contributed by atoms with E-state index < -0.39 is 11.6 Å². The van der Waals surface area contributed by atoms with Gasteiger partial charge < -0.3 is 9.47 Å². The fourth-order valence-corrected chi connectivity index (χ4v) is 5.29. The molecule has 2 nitrogen and oxygen atoms in total. The number of rotatable bonds is 7. The molecule has 0 aromatic heterocycles. The number of ether oxygens (including phenoxy) is 2. The molecule has 4 heteroatoms. The largest absolute Gasteiger partial charge is 0.490 e. The van der Waals surface area contributed by atoms with Gasteiger partial charge in [0, 0.05) is 5.56 Å². The minimum atomic E-state index is -0.913. The summed E-state index contributed by atoms with van der Waals surface area (Å²) in [6, 6.07) is 11.1. The normalized spacial score (nSPS) is 26.0. The van der Waals surface area contributed by atoms with E-state index in [1.165, 1.54) is 43.7 Å². The van der Waals surface area contributed by atoms with Crippen LogP contribution >= 0.6 is 0 Å². The lowest BCUT2D eigenvalue weighted by Crippen LogP contribution is -2.31. The van der Waals surface area contributed by atoms with Crippen LogP contribution in [0.15, 0.2) is 49.1 Å². The Bertz CT molecular complexity index is 892. The Morgan fingerprint density at radius 1 is 0.938 bits per heavy atom. The van der Waals surface area contributed by atoms with Crippen molar-refractivity contribution in [2.75, 3.05) is 13.2 Å². The van der Waals surface area contributed by atoms with Crippen molar-refractivity contribution in [3.05, 3.63) is 66.3 Å². The summed E-state index contributed by atoms with van der Waals surface area (Å²) >= 11 is 0. The van der Waals surface area contributed by atoms with Gasteiger partial charge in [0.1, 0.15) is 0 Å². The van der Waals surface area contributed by atoms with Gasteiger partial charge >= 0.3 is 0 Å². The van der Waals surface area contributed by atoms with Gasteiger partial charge in [0.25, 0.3) is 0 Å². The molecule has 2 aliphatic rings. The highest BCUT2D eigenvalue weighted by molar-refractivity contribution is 5.65. The van der Waals surface area contributed by atoms with Gasteiger partial charge in [-0.1, -0.05) is 37.3 Å². The Balaban J connectivity index is 1.36. The van der Waals surface area contributed by atoms with Crippen LogP contribution in [0.25, 0.3) is 11.1 Å². The molecule has 1 saturated heterocycles. The molecule has 0 spiro atoms. The van der Waals surface area contributed by atoms with Gasteiger partial charge in [-0.15, -0.1) is 6.58 Å². The van der Waals surface area contributed by atoms with Crippen molar-refractivity contribution in [2.24, 2.45) is 11.8 Å². The summed E-state index contributed by atoms with van der Waals surface area (Å²) in [6.45, 7) is 7.01. The van der Waals surface area contributed by atoms with Crippen molar-refractivity contribution in [3.8, 4) is 16.9 Å². The van der Waals surface area contributed by atoms with Crippen LogP contribution in [0.2, 0.25) is 0 Å². The van der Waals surface area contributed by atoms with Crippen molar-refractivity contribution in [3.63, 3.8) is 0 Å². The molecule has 0 bridgehead atoms. The zero-order chi connectivity index (χ0) is 22.5. The first kappa shape index (κ1) is 23.0. The number of hydrogen-bond acceptors (Lipinski definition) is 2. The van der Waals surface area contributed by atoms with E-state index in [9.17, 15) is 8.78 Å². The SMILES string of the molecule is C=CC1CCC(C2CCC(c3ccc(-c4ccc(OCCC)c(F)c4F)cc3)CC2)CO1. The summed E-state index contributed by atoms with van der Waals surface area (Å²) < 4.78 is 40.2. The van der Waals surface area contributed by atoms with Crippen LogP contribution in [-0.2, 0) is 4.74 Å². The van der Waals surface area contributed by atoms with Crippen LogP contribution in [0.5, 0.6) is 5.75 Å². The molecule has 4 rings (SSSR count). The van der Waals surface area contributed by atoms with Gasteiger partial charge in [-0.05, 0) is 86.0 Å². The Labute approximate surface area is 190 Å². The minimum Gasteiger partial charge on any atom is -0.490 e. The van der Waals surface area contributed by atoms with E-state index in [0.717, 1.165) is 25.4 Å². The van der Waals surface area contributed by atoms with Crippen LogP contribution in [0, 0.1) is 23.5 Å². The monoisotopic (exact) mass is 440 g/mol. The van der Waals surface area contributed by atoms with Crippen molar-refractivity contribution >= 4 is 0 Å². The van der Waals surface area contributed by atoms with Gasteiger partial charge in [-0.25, -0.2) is 4.39 Å². The highest BCUT2D eigenvalue weighted by Crippen LogP contribution is 2.42. The Kier molecular flexibility index (Phi) is 7.62. The lowest BCUT2D eigenvalue weighted by atomic mass is 9.72. The maximum absolute atomic E-state index is 14.6. The Morgan fingerprint density at radius 3 is 2.28 bits per heavy atom.